The molecule has 0 aliphatic rings. The summed E-state index contributed by atoms with van der Waals surface area (Å²) in [6, 6.07) is 10.7. The van der Waals surface area contributed by atoms with Crippen molar-refractivity contribution in [3.63, 3.8) is 0 Å². The van der Waals surface area contributed by atoms with Crippen LogP contribution in [0.25, 0.3) is 22.3 Å². The molecule has 0 aliphatic heterocycles. The molecule has 3 aromatic rings. The second-order valence-corrected chi connectivity index (χ2v) is 5.15. The van der Waals surface area contributed by atoms with Crippen molar-refractivity contribution >= 4 is 28.6 Å². The highest BCUT2D eigenvalue weighted by atomic mass is 35.5. The third kappa shape index (κ3) is 3.14. The van der Waals surface area contributed by atoms with Crippen molar-refractivity contribution in [2.75, 3.05) is 6.61 Å². The highest BCUT2D eigenvalue weighted by Crippen LogP contribution is 2.27. The molecular weight excluding hydrogens is 319 g/mol. The van der Waals surface area contributed by atoms with E-state index in [1.165, 1.54) is 12.1 Å². The number of halogens is 2. The topological polar surface area (TPSA) is 52.1 Å². The predicted molar refractivity (Wildman–Crippen MR) is 85.9 cm³/mol. The van der Waals surface area contributed by atoms with Gasteiger partial charge in [0.05, 0.1) is 23.2 Å². The first-order chi connectivity index (χ1) is 11.1. The number of benzene rings is 2. The van der Waals surface area contributed by atoms with Gasteiger partial charge in [0.25, 0.3) is 0 Å². The van der Waals surface area contributed by atoms with Gasteiger partial charge in [-0.05, 0) is 49.4 Å². The Balaban J connectivity index is 2.07. The normalized spacial score (nSPS) is 10.7. The minimum Gasteiger partial charge on any atom is -0.462 e. The van der Waals surface area contributed by atoms with Crippen LogP contribution in [-0.4, -0.2) is 22.5 Å². The Morgan fingerprint density at radius 3 is 2.57 bits per heavy atom. The fraction of sp³-hybridized carbons (Fsp3) is 0.118. The monoisotopic (exact) mass is 330 g/mol. The minimum atomic E-state index is -0.421. The molecule has 2 aromatic carbocycles. The highest BCUT2D eigenvalue weighted by Gasteiger charge is 2.12. The van der Waals surface area contributed by atoms with E-state index < -0.39 is 5.97 Å². The standard InChI is InChI=1S/C17H12ClFN2O2/c1-2-23-17(22)11-5-8-13-14(9-11)21-16(18)15(20-13)10-3-6-12(19)7-4-10/h3-9H,2H2,1H3. The molecule has 0 aliphatic carbocycles. The third-order valence-electron chi connectivity index (χ3n) is 3.25. The predicted octanol–water partition coefficient (Wildman–Crippen LogP) is 4.27. The van der Waals surface area contributed by atoms with Crippen molar-refractivity contribution in [3.8, 4) is 11.3 Å². The summed E-state index contributed by atoms with van der Waals surface area (Å²) in [5, 5.41) is 0.185. The number of rotatable bonds is 3. The van der Waals surface area contributed by atoms with E-state index in [0.29, 0.717) is 34.5 Å². The van der Waals surface area contributed by atoms with E-state index in [0.717, 1.165) is 0 Å². The molecule has 6 heteroatoms. The van der Waals surface area contributed by atoms with Gasteiger partial charge in [-0.25, -0.2) is 19.2 Å². The van der Waals surface area contributed by atoms with E-state index in [1.807, 2.05) is 0 Å². The first kappa shape index (κ1) is 15.4. The van der Waals surface area contributed by atoms with Crippen LogP contribution in [0.3, 0.4) is 0 Å². The minimum absolute atomic E-state index is 0.185. The van der Waals surface area contributed by atoms with Gasteiger partial charge in [0, 0.05) is 5.56 Å². The molecular formula is C17H12ClFN2O2. The summed E-state index contributed by atoms with van der Waals surface area (Å²) in [6.45, 7) is 2.04. The molecule has 0 atom stereocenters. The maximum atomic E-state index is 13.0. The molecule has 0 saturated carbocycles. The summed E-state index contributed by atoms with van der Waals surface area (Å²) in [5.41, 5.74) is 2.59. The van der Waals surface area contributed by atoms with Crippen molar-refractivity contribution in [1.82, 2.24) is 9.97 Å². The van der Waals surface area contributed by atoms with Gasteiger partial charge in [0.2, 0.25) is 0 Å². The van der Waals surface area contributed by atoms with Gasteiger partial charge in [-0.3, -0.25) is 0 Å². The largest absolute Gasteiger partial charge is 0.462 e. The van der Waals surface area contributed by atoms with E-state index >= 15 is 0 Å². The molecule has 0 N–H and O–H groups in total. The number of hydrogen-bond donors (Lipinski definition) is 0. The van der Waals surface area contributed by atoms with Gasteiger partial charge in [-0.15, -0.1) is 0 Å². The molecule has 1 aromatic heterocycles. The Labute approximate surface area is 136 Å². The Kier molecular flexibility index (Phi) is 4.21. The van der Waals surface area contributed by atoms with E-state index in [2.05, 4.69) is 9.97 Å². The average molecular weight is 331 g/mol. The second-order valence-electron chi connectivity index (χ2n) is 4.79. The van der Waals surface area contributed by atoms with Gasteiger partial charge in [-0.1, -0.05) is 11.6 Å². The van der Waals surface area contributed by atoms with Gasteiger partial charge in [0.1, 0.15) is 11.5 Å². The number of fused-ring (bicyclic) bond motifs is 1. The number of ether oxygens (including phenoxy) is 1. The lowest BCUT2D eigenvalue weighted by molar-refractivity contribution is 0.0526. The maximum absolute atomic E-state index is 13.0. The molecule has 23 heavy (non-hydrogen) atoms. The fourth-order valence-electron chi connectivity index (χ4n) is 2.17. The van der Waals surface area contributed by atoms with Crippen LogP contribution in [-0.2, 0) is 4.74 Å². The summed E-state index contributed by atoms with van der Waals surface area (Å²) in [4.78, 5) is 20.5. The van der Waals surface area contributed by atoms with Crippen molar-refractivity contribution in [2.45, 2.75) is 6.92 Å². The first-order valence-electron chi connectivity index (χ1n) is 6.99. The summed E-state index contributed by atoms with van der Waals surface area (Å²) in [5.74, 6) is -0.757. The van der Waals surface area contributed by atoms with Crippen LogP contribution < -0.4 is 0 Å². The zero-order valence-corrected chi connectivity index (χ0v) is 13.0. The molecule has 0 fully saturated rings. The van der Waals surface area contributed by atoms with Gasteiger partial charge in [-0.2, -0.15) is 0 Å². The summed E-state index contributed by atoms with van der Waals surface area (Å²) < 4.78 is 18.0. The summed E-state index contributed by atoms with van der Waals surface area (Å²) >= 11 is 6.19. The molecule has 3 rings (SSSR count). The first-order valence-corrected chi connectivity index (χ1v) is 7.36. The Bertz CT molecular complexity index is 882. The van der Waals surface area contributed by atoms with E-state index in [9.17, 15) is 9.18 Å². The summed E-state index contributed by atoms with van der Waals surface area (Å²) in [7, 11) is 0. The number of hydrogen-bond acceptors (Lipinski definition) is 4. The number of carbonyl (C=O) groups excluding carboxylic acids is 1. The quantitative estimate of drug-likeness (QED) is 0.673. The molecule has 0 amide bonds. The van der Waals surface area contributed by atoms with Gasteiger partial charge >= 0.3 is 5.97 Å². The number of nitrogens with zero attached hydrogens (tertiary/aromatic N) is 2. The molecule has 0 radical (unpaired) electrons. The lowest BCUT2D eigenvalue weighted by Gasteiger charge is -2.07. The van der Waals surface area contributed by atoms with E-state index in [1.54, 1.807) is 37.3 Å². The number of aromatic nitrogens is 2. The highest BCUT2D eigenvalue weighted by molar-refractivity contribution is 6.32. The van der Waals surface area contributed by atoms with Crippen molar-refractivity contribution in [1.29, 1.82) is 0 Å². The number of carbonyl (C=O) groups is 1. The Hall–Kier alpha value is -2.53. The van der Waals surface area contributed by atoms with Crippen LogP contribution in [0.4, 0.5) is 4.39 Å². The lowest BCUT2D eigenvalue weighted by atomic mass is 10.1. The SMILES string of the molecule is CCOC(=O)c1ccc2nc(-c3ccc(F)cc3)c(Cl)nc2c1. The molecule has 4 nitrogen and oxygen atoms in total. The van der Waals surface area contributed by atoms with Crippen molar-refractivity contribution in [2.24, 2.45) is 0 Å². The molecule has 0 unspecified atom stereocenters. The van der Waals surface area contributed by atoms with Crippen LogP contribution in [0.5, 0.6) is 0 Å². The Morgan fingerprint density at radius 2 is 1.87 bits per heavy atom. The van der Waals surface area contributed by atoms with Crippen LogP contribution in [0, 0.1) is 5.82 Å². The molecule has 0 saturated heterocycles. The van der Waals surface area contributed by atoms with Gasteiger partial charge < -0.3 is 4.74 Å². The third-order valence-corrected chi connectivity index (χ3v) is 3.51. The zero-order chi connectivity index (χ0) is 16.4. The van der Waals surface area contributed by atoms with Crippen molar-refractivity contribution < 1.29 is 13.9 Å². The maximum Gasteiger partial charge on any atom is 0.338 e. The average Bonchev–Trinajstić information content (AvgIpc) is 2.55. The number of esters is 1. The lowest BCUT2D eigenvalue weighted by Crippen LogP contribution is -2.04. The molecule has 0 bridgehead atoms. The molecule has 1 heterocycles. The zero-order valence-electron chi connectivity index (χ0n) is 12.2. The summed E-state index contributed by atoms with van der Waals surface area (Å²) in [6.07, 6.45) is 0. The van der Waals surface area contributed by atoms with Gasteiger partial charge in [0.15, 0.2) is 5.15 Å². The smallest absolute Gasteiger partial charge is 0.338 e. The van der Waals surface area contributed by atoms with Crippen molar-refractivity contribution in [3.05, 3.63) is 59.0 Å². The van der Waals surface area contributed by atoms with Crippen LogP contribution in [0.1, 0.15) is 17.3 Å². The second kappa shape index (κ2) is 6.30. The van der Waals surface area contributed by atoms with Crippen LogP contribution in [0.15, 0.2) is 42.5 Å². The van der Waals surface area contributed by atoms with Crippen LogP contribution >= 0.6 is 11.6 Å². The molecule has 0 spiro atoms. The Morgan fingerprint density at radius 1 is 1.13 bits per heavy atom. The fourth-order valence-corrected chi connectivity index (χ4v) is 2.41. The molecule has 116 valence electrons. The van der Waals surface area contributed by atoms with Crippen LogP contribution in [0.2, 0.25) is 5.15 Å². The van der Waals surface area contributed by atoms with E-state index in [4.69, 9.17) is 16.3 Å². The van der Waals surface area contributed by atoms with E-state index in [-0.39, 0.29) is 11.0 Å².